The number of sulfonamides is 1. The topological polar surface area (TPSA) is 83.5 Å². The Kier molecular flexibility index (Phi) is 4.59. The molecule has 1 saturated carbocycles. The molecule has 0 heterocycles. The number of hydrogen-bond donors (Lipinski definition) is 2. The Morgan fingerprint density at radius 3 is 2.55 bits per heavy atom. The summed E-state index contributed by atoms with van der Waals surface area (Å²) in [4.78, 5) is 10.7. The molecule has 1 aromatic carbocycles. The molecule has 2 N–H and O–H groups in total. The number of halogens is 2. The fraction of sp³-hybridized carbons (Fsp3) is 0.417. The minimum atomic E-state index is -3.87. The van der Waals surface area contributed by atoms with Gasteiger partial charge in [0.1, 0.15) is 4.90 Å². The van der Waals surface area contributed by atoms with Crippen molar-refractivity contribution in [3.05, 3.63) is 27.7 Å². The summed E-state index contributed by atoms with van der Waals surface area (Å²) < 4.78 is 26.7. The summed E-state index contributed by atoms with van der Waals surface area (Å²) in [5.74, 6) is -0.742. The van der Waals surface area contributed by atoms with Gasteiger partial charge in [-0.25, -0.2) is 17.9 Å². The molecule has 0 aliphatic heterocycles. The number of rotatable bonds is 6. The van der Waals surface area contributed by atoms with Crippen LogP contribution in [0, 0.1) is 5.92 Å². The van der Waals surface area contributed by atoms with Crippen LogP contribution in [0.15, 0.2) is 17.0 Å². The summed E-state index contributed by atoms with van der Waals surface area (Å²) in [6.07, 6.45) is 3.02. The van der Waals surface area contributed by atoms with E-state index in [4.69, 9.17) is 28.3 Å². The van der Waals surface area contributed by atoms with Crippen LogP contribution in [-0.4, -0.2) is 26.0 Å². The molecule has 8 heteroatoms. The fourth-order valence-electron chi connectivity index (χ4n) is 1.80. The summed E-state index contributed by atoms with van der Waals surface area (Å²) in [6, 6.07) is 2.27. The van der Waals surface area contributed by atoms with E-state index in [0.29, 0.717) is 12.5 Å². The maximum atomic E-state index is 12.1. The molecule has 0 aromatic heterocycles. The van der Waals surface area contributed by atoms with Gasteiger partial charge in [0.25, 0.3) is 0 Å². The van der Waals surface area contributed by atoms with E-state index in [2.05, 4.69) is 4.72 Å². The molecule has 20 heavy (non-hydrogen) atoms. The van der Waals surface area contributed by atoms with Crippen LogP contribution in [-0.2, 0) is 10.0 Å². The first-order valence-electron chi connectivity index (χ1n) is 6.03. The van der Waals surface area contributed by atoms with Gasteiger partial charge in [-0.3, -0.25) is 0 Å². The third-order valence-corrected chi connectivity index (χ3v) is 5.29. The molecular weight excluding hydrogens is 325 g/mol. The minimum Gasteiger partial charge on any atom is -0.478 e. The third kappa shape index (κ3) is 3.63. The predicted molar refractivity (Wildman–Crippen MR) is 76.0 cm³/mol. The molecule has 0 amide bonds. The molecule has 1 aliphatic rings. The fourth-order valence-corrected chi connectivity index (χ4v) is 3.74. The van der Waals surface area contributed by atoms with Crippen LogP contribution in [0.1, 0.15) is 29.6 Å². The van der Waals surface area contributed by atoms with E-state index in [1.165, 1.54) is 0 Å². The number of hydrogen-bond acceptors (Lipinski definition) is 3. The van der Waals surface area contributed by atoms with Gasteiger partial charge in [0.05, 0.1) is 10.6 Å². The average molecular weight is 338 g/mol. The maximum absolute atomic E-state index is 12.1. The van der Waals surface area contributed by atoms with E-state index in [9.17, 15) is 13.2 Å². The molecule has 0 unspecified atom stereocenters. The van der Waals surface area contributed by atoms with Gasteiger partial charge in [0, 0.05) is 11.6 Å². The van der Waals surface area contributed by atoms with Crippen LogP contribution in [0.25, 0.3) is 0 Å². The molecule has 0 bridgehead atoms. The number of benzene rings is 1. The Bertz CT molecular complexity index is 641. The Morgan fingerprint density at radius 2 is 2.00 bits per heavy atom. The number of carboxylic acids is 1. The van der Waals surface area contributed by atoms with Crippen LogP contribution in [0.3, 0.4) is 0 Å². The largest absolute Gasteiger partial charge is 0.478 e. The van der Waals surface area contributed by atoms with E-state index < -0.39 is 16.0 Å². The van der Waals surface area contributed by atoms with E-state index >= 15 is 0 Å². The highest BCUT2D eigenvalue weighted by Gasteiger charge is 2.25. The second-order valence-corrected chi connectivity index (χ2v) is 7.25. The Hall–Kier alpha value is -0.820. The third-order valence-electron chi connectivity index (χ3n) is 3.07. The van der Waals surface area contributed by atoms with Crippen molar-refractivity contribution in [2.24, 2.45) is 5.92 Å². The predicted octanol–water partition coefficient (Wildman–Crippen LogP) is 2.77. The van der Waals surface area contributed by atoms with Gasteiger partial charge in [0.2, 0.25) is 10.0 Å². The van der Waals surface area contributed by atoms with Gasteiger partial charge in [-0.15, -0.1) is 0 Å². The van der Waals surface area contributed by atoms with E-state index in [0.717, 1.165) is 31.4 Å². The standard InChI is InChI=1S/C12H13Cl2NO4S/c13-8-5-9(12(16)17)11(14)10(6-8)20(18,19)15-4-3-7-1-2-7/h5-7,15H,1-4H2,(H,16,17). The van der Waals surface area contributed by atoms with Crippen molar-refractivity contribution in [1.82, 2.24) is 4.72 Å². The lowest BCUT2D eigenvalue weighted by atomic mass is 10.2. The van der Waals surface area contributed by atoms with E-state index in [1.807, 2.05) is 0 Å². The van der Waals surface area contributed by atoms with Gasteiger partial charge in [-0.05, 0) is 24.5 Å². The summed E-state index contributed by atoms with van der Waals surface area (Å²) in [5.41, 5.74) is -0.332. The van der Waals surface area contributed by atoms with Crippen LogP contribution in [0.5, 0.6) is 0 Å². The zero-order valence-corrected chi connectivity index (χ0v) is 12.7. The minimum absolute atomic E-state index is 0.00867. The SMILES string of the molecule is O=C(O)c1cc(Cl)cc(S(=O)(=O)NCCC2CC2)c1Cl. The van der Waals surface area contributed by atoms with Gasteiger partial charge >= 0.3 is 5.97 Å². The van der Waals surface area contributed by atoms with E-state index in [1.54, 1.807) is 0 Å². The lowest BCUT2D eigenvalue weighted by Gasteiger charge is -2.10. The monoisotopic (exact) mass is 337 g/mol. The smallest absolute Gasteiger partial charge is 0.337 e. The zero-order valence-electron chi connectivity index (χ0n) is 10.4. The summed E-state index contributed by atoms with van der Waals surface area (Å²) in [5, 5.41) is 8.66. The molecule has 5 nitrogen and oxygen atoms in total. The molecule has 0 saturated heterocycles. The molecule has 1 aliphatic carbocycles. The molecule has 0 spiro atoms. The summed E-state index contributed by atoms with van der Waals surface area (Å²) >= 11 is 11.6. The highest BCUT2D eigenvalue weighted by molar-refractivity contribution is 7.89. The first-order valence-corrected chi connectivity index (χ1v) is 8.27. The van der Waals surface area contributed by atoms with Crippen molar-refractivity contribution in [3.8, 4) is 0 Å². The van der Waals surface area contributed by atoms with E-state index in [-0.39, 0.29) is 20.5 Å². The number of carbonyl (C=O) groups is 1. The summed E-state index contributed by atoms with van der Waals surface area (Å²) in [7, 11) is -3.87. The molecular formula is C12H13Cl2NO4S. The second kappa shape index (κ2) is 5.89. The maximum Gasteiger partial charge on any atom is 0.337 e. The quantitative estimate of drug-likeness (QED) is 0.835. The van der Waals surface area contributed by atoms with Crippen molar-refractivity contribution in [3.63, 3.8) is 0 Å². The molecule has 2 rings (SSSR count). The van der Waals surface area contributed by atoms with Crippen LogP contribution >= 0.6 is 23.2 Å². The van der Waals surface area contributed by atoms with Crippen molar-refractivity contribution < 1.29 is 18.3 Å². The molecule has 110 valence electrons. The van der Waals surface area contributed by atoms with Crippen molar-refractivity contribution in [1.29, 1.82) is 0 Å². The Morgan fingerprint density at radius 1 is 1.35 bits per heavy atom. The molecule has 0 atom stereocenters. The summed E-state index contributed by atoms with van der Waals surface area (Å²) in [6.45, 7) is 0.304. The Balaban J connectivity index is 2.27. The lowest BCUT2D eigenvalue weighted by Crippen LogP contribution is -2.25. The first-order chi connectivity index (χ1) is 9.31. The lowest BCUT2D eigenvalue weighted by molar-refractivity contribution is 0.0697. The van der Waals surface area contributed by atoms with Gasteiger partial charge in [-0.1, -0.05) is 36.0 Å². The van der Waals surface area contributed by atoms with Gasteiger partial charge in [0.15, 0.2) is 0 Å². The van der Waals surface area contributed by atoms with Crippen LogP contribution in [0.2, 0.25) is 10.0 Å². The number of nitrogens with one attached hydrogen (secondary N) is 1. The molecule has 0 radical (unpaired) electrons. The highest BCUT2D eigenvalue weighted by Crippen LogP contribution is 2.32. The second-order valence-electron chi connectivity index (χ2n) is 4.70. The van der Waals surface area contributed by atoms with Gasteiger partial charge < -0.3 is 5.11 Å². The van der Waals surface area contributed by atoms with Crippen molar-refractivity contribution in [2.75, 3.05) is 6.54 Å². The Labute approximate surface area is 126 Å². The zero-order chi connectivity index (χ0) is 14.9. The highest BCUT2D eigenvalue weighted by atomic mass is 35.5. The van der Waals surface area contributed by atoms with Crippen molar-refractivity contribution >= 4 is 39.2 Å². The van der Waals surface area contributed by atoms with Crippen LogP contribution < -0.4 is 4.72 Å². The first kappa shape index (κ1) is 15.6. The normalized spacial score (nSPS) is 15.3. The average Bonchev–Trinajstić information content (AvgIpc) is 3.15. The van der Waals surface area contributed by atoms with Crippen LogP contribution in [0.4, 0.5) is 0 Å². The molecule has 1 aromatic rings. The number of aromatic carboxylic acids is 1. The number of carboxylic acid groups (broad SMARTS) is 1. The molecule has 1 fully saturated rings. The van der Waals surface area contributed by atoms with Crippen molar-refractivity contribution in [2.45, 2.75) is 24.2 Å². The van der Waals surface area contributed by atoms with Gasteiger partial charge in [-0.2, -0.15) is 0 Å².